The zero-order chi connectivity index (χ0) is 27.1. The lowest BCUT2D eigenvalue weighted by molar-refractivity contribution is -0.151. The van der Waals surface area contributed by atoms with Crippen LogP contribution in [-0.2, 0) is 20.9 Å². The number of benzene rings is 3. The number of hydrogen-bond donors (Lipinski definition) is 2. The normalized spacial score (nSPS) is 11.7. The minimum absolute atomic E-state index is 0.0474. The average molecular weight is 516 g/mol. The van der Waals surface area contributed by atoms with Gasteiger partial charge in [0.25, 0.3) is 5.91 Å². The van der Waals surface area contributed by atoms with Crippen molar-refractivity contribution < 1.29 is 33.3 Å². The number of ether oxygens (including phenoxy) is 3. The lowest BCUT2D eigenvalue weighted by atomic mass is 10.0. The number of hydrogen-bond acceptors (Lipinski definition) is 8. The van der Waals surface area contributed by atoms with Crippen LogP contribution in [0.5, 0.6) is 17.2 Å². The van der Waals surface area contributed by atoms with Crippen LogP contribution in [0.4, 0.5) is 0 Å². The number of carbonyl (C=O) groups excluding carboxylic acids is 2. The fraction of sp³-hybridized carbons (Fsp3) is 0.138. The first-order valence-electron chi connectivity index (χ1n) is 11.6. The van der Waals surface area contributed by atoms with E-state index < -0.39 is 23.6 Å². The molecule has 9 nitrogen and oxygen atoms in total. The monoisotopic (exact) mass is 515 g/mol. The first-order chi connectivity index (χ1) is 18.4. The maximum atomic E-state index is 13.3. The minimum atomic E-state index is -1.45. The summed E-state index contributed by atoms with van der Waals surface area (Å²) in [6.45, 7) is 0.185. The van der Waals surface area contributed by atoms with E-state index >= 15 is 0 Å². The Kier molecular flexibility index (Phi) is 8.07. The summed E-state index contributed by atoms with van der Waals surface area (Å²) in [6.07, 6.45) is 1.14. The van der Waals surface area contributed by atoms with Gasteiger partial charge in [0.1, 0.15) is 11.3 Å². The number of fused-ring (bicyclic) bond motifs is 1. The highest BCUT2D eigenvalue weighted by Crippen LogP contribution is 2.29. The lowest BCUT2D eigenvalue weighted by Crippen LogP contribution is -2.32. The highest BCUT2D eigenvalue weighted by molar-refractivity contribution is 5.94. The molecule has 2 N–H and O–H groups in total. The van der Waals surface area contributed by atoms with E-state index in [1.54, 1.807) is 18.2 Å². The Morgan fingerprint density at radius 2 is 1.79 bits per heavy atom. The number of aromatic hydroxyl groups is 1. The van der Waals surface area contributed by atoms with Crippen molar-refractivity contribution in [3.8, 4) is 17.2 Å². The van der Waals surface area contributed by atoms with Gasteiger partial charge >= 0.3 is 11.6 Å². The minimum Gasteiger partial charge on any atom is -0.504 e. The predicted octanol–water partition coefficient (Wildman–Crippen LogP) is 4.13. The third-order valence-corrected chi connectivity index (χ3v) is 5.66. The van der Waals surface area contributed by atoms with E-state index in [2.05, 4.69) is 5.32 Å². The topological polar surface area (TPSA) is 124 Å². The molecular formula is C29H25NO8. The molecule has 0 radical (unpaired) electrons. The van der Waals surface area contributed by atoms with Crippen LogP contribution in [0.25, 0.3) is 17.0 Å². The second-order valence-electron chi connectivity index (χ2n) is 8.17. The maximum absolute atomic E-state index is 13.3. The SMILES string of the molecule is COc1ccc2c(C(OC(=O)/C=C\c3ccc(O)c(OC)c3)C(=O)NCc3ccccc3)cc(=O)oc2c1. The van der Waals surface area contributed by atoms with Crippen LogP contribution in [-0.4, -0.2) is 31.2 Å². The van der Waals surface area contributed by atoms with Gasteiger partial charge in [0.05, 0.1) is 14.2 Å². The molecule has 0 bridgehead atoms. The molecule has 0 saturated heterocycles. The van der Waals surface area contributed by atoms with Crippen molar-refractivity contribution in [3.63, 3.8) is 0 Å². The van der Waals surface area contributed by atoms with E-state index in [4.69, 9.17) is 18.6 Å². The van der Waals surface area contributed by atoms with Crippen LogP contribution in [0.1, 0.15) is 22.8 Å². The summed E-state index contributed by atoms with van der Waals surface area (Å²) in [5.41, 5.74) is 1.02. The largest absolute Gasteiger partial charge is 0.504 e. The maximum Gasteiger partial charge on any atom is 0.336 e. The second-order valence-corrected chi connectivity index (χ2v) is 8.17. The molecule has 0 saturated carbocycles. The molecule has 0 spiro atoms. The molecule has 4 rings (SSSR count). The van der Waals surface area contributed by atoms with Gasteiger partial charge in [-0.1, -0.05) is 36.4 Å². The van der Waals surface area contributed by atoms with E-state index in [1.807, 2.05) is 30.3 Å². The molecule has 1 atom stereocenters. The van der Waals surface area contributed by atoms with Gasteiger partial charge in [-0.15, -0.1) is 0 Å². The van der Waals surface area contributed by atoms with Crippen molar-refractivity contribution in [2.24, 2.45) is 0 Å². The Balaban J connectivity index is 1.66. The van der Waals surface area contributed by atoms with Gasteiger partial charge in [-0.25, -0.2) is 9.59 Å². The fourth-order valence-electron chi connectivity index (χ4n) is 3.77. The highest BCUT2D eigenvalue weighted by Gasteiger charge is 2.27. The Hall–Kier alpha value is -5.05. The summed E-state index contributed by atoms with van der Waals surface area (Å²) in [7, 11) is 2.88. The molecule has 9 heteroatoms. The molecule has 0 aliphatic heterocycles. The van der Waals surface area contributed by atoms with Crippen LogP contribution in [0, 0.1) is 0 Å². The van der Waals surface area contributed by atoms with Gasteiger partial charge in [-0.3, -0.25) is 4.79 Å². The molecule has 4 aromatic rings. The summed E-state index contributed by atoms with van der Waals surface area (Å²) >= 11 is 0. The van der Waals surface area contributed by atoms with Crippen molar-refractivity contribution in [2.45, 2.75) is 12.6 Å². The van der Waals surface area contributed by atoms with Crippen LogP contribution >= 0.6 is 0 Å². The number of methoxy groups -OCH3 is 2. The average Bonchev–Trinajstić information content (AvgIpc) is 2.93. The number of phenols is 1. The Labute approximate surface area is 217 Å². The zero-order valence-corrected chi connectivity index (χ0v) is 20.7. The molecular weight excluding hydrogens is 490 g/mol. The quantitative estimate of drug-likeness (QED) is 0.194. The van der Waals surface area contributed by atoms with Gasteiger partial charge < -0.3 is 29.1 Å². The molecule has 1 heterocycles. The third kappa shape index (κ3) is 6.19. The smallest absolute Gasteiger partial charge is 0.336 e. The summed E-state index contributed by atoms with van der Waals surface area (Å²) in [5.74, 6) is -0.811. The molecule has 1 aromatic heterocycles. The second kappa shape index (κ2) is 11.8. The fourth-order valence-corrected chi connectivity index (χ4v) is 3.77. The van der Waals surface area contributed by atoms with E-state index in [-0.39, 0.29) is 29.2 Å². The van der Waals surface area contributed by atoms with Gasteiger partial charge in [0, 0.05) is 35.7 Å². The summed E-state index contributed by atoms with van der Waals surface area (Å²) in [6, 6.07) is 19.7. The predicted molar refractivity (Wildman–Crippen MR) is 140 cm³/mol. The Bertz CT molecular complexity index is 1540. The molecule has 0 aliphatic rings. The molecule has 0 fully saturated rings. The van der Waals surface area contributed by atoms with Gasteiger partial charge in [-0.2, -0.15) is 0 Å². The number of carbonyl (C=O) groups is 2. The zero-order valence-electron chi connectivity index (χ0n) is 20.7. The number of nitrogens with one attached hydrogen (secondary N) is 1. The first kappa shape index (κ1) is 26.0. The molecule has 0 aliphatic carbocycles. The molecule has 1 unspecified atom stereocenters. The number of amides is 1. The molecule has 1 amide bonds. The van der Waals surface area contributed by atoms with E-state index in [9.17, 15) is 19.5 Å². The molecule has 38 heavy (non-hydrogen) atoms. The first-order valence-corrected chi connectivity index (χ1v) is 11.6. The van der Waals surface area contributed by atoms with Crippen molar-refractivity contribution in [2.75, 3.05) is 14.2 Å². The highest BCUT2D eigenvalue weighted by atomic mass is 16.5. The standard InChI is InChI=1S/C29H25NO8/c1-35-20-10-11-21-22(16-27(33)37-24(21)15-20)28(29(34)30-17-19-6-4-3-5-7-19)38-26(32)13-9-18-8-12-23(31)25(14-18)36-2/h3-16,28,31H,17H2,1-2H3,(H,30,34)/b13-9-. The van der Waals surface area contributed by atoms with Gasteiger partial charge in [0.2, 0.25) is 6.10 Å². The lowest BCUT2D eigenvalue weighted by Gasteiger charge is -2.18. The van der Waals surface area contributed by atoms with Crippen LogP contribution in [0.3, 0.4) is 0 Å². The van der Waals surface area contributed by atoms with Crippen molar-refractivity contribution in [1.82, 2.24) is 5.32 Å². The van der Waals surface area contributed by atoms with Crippen LogP contribution in [0.15, 0.2) is 88.1 Å². The molecule has 3 aromatic carbocycles. The van der Waals surface area contributed by atoms with Gasteiger partial charge in [0.15, 0.2) is 11.5 Å². The van der Waals surface area contributed by atoms with E-state index in [0.29, 0.717) is 16.7 Å². The summed E-state index contributed by atoms with van der Waals surface area (Å²) < 4.78 is 21.1. The number of phenolic OH excluding ortho intramolecular Hbond substituents is 1. The van der Waals surface area contributed by atoms with Crippen molar-refractivity contribution in [3.05, 3.63) is 106 Å². The number of rotatable bonds is 9. The van der Waals surface area contributed by atoms with Gasteiger partial charge in [-0.05, 0) is 41.5 Å². The van der Waals surface area contributed by atoms with E-state index in [1.165, 1.54) is 38.5 Å². The summed E-state index contributed by atoms with van der Waals surface area (Å²) in [4.78, 5) is 38.5. The molecule has 194 valence electrons. The Morgan fingerprint density at radius 1 is 1.00 bits per heavy atom. The van der Waals surface area contributed by atoms with Crippen LogP contribution < -0.4 is 20.4 Å². The van der Waals surface area contributed by atoms with Crippen molar-refractivity contribution in [1.29, 1.82) is 0 Å². The number of esters is 1. The van der Waals surface area contributed by atoms with E-state index in [0.717, 1.165) is 17.7 Å². The summed E-state index contributed by atoms with van der Waals surface area (Å²) in [5, 5.41) is 12.9. The third-order valence-electron chi connectivity index (χ3n) is 5.66. The van der Waals surface area contributed by atoms with Crippen molar-refractivity contribution >= 4 is 28.9 Å². The van der Waals surface area contributed by atoms with Crippen LogP contribution in [0.2, 0.25) is 0 Å². The Morgan fingerprint density at radius 3 is 2.53 bits per heavy atom.